The molecule has 3 nitrogen and oxygen atoms in total. The molecule has 7 heteroatoms. The monoisotopic (exact) mass is 311 g/mol. The topological polar surface area (TPSA) is 54.7 Å². The first-order valence-corrected chi connectivity index (χ1v) is 6.35. The highest BCUT2D eigenvalue weighted by Crippen LogP contribution is 2.34. The molecule has 0 radical (unpaired) electrons. The van der Waals surface area contributed by atoms with Crippen LogP contribution < -0.4 is 5.73 Å². The summed E-state index contributed by atoms with van der Waals surface area (Å²) in [6.45, 7) is 0. The average Bonchev–Trinajstić information content (AvgIpc) is 2.80. The molecule has 0 fully saturated rings. The van der Waals surface area contributed by atoms with E-state index < -0.39 is 11.7 Å². The van der Waals surface area contributed by atoms with Crippen molar-refractivity contribution in [3.63, 3.8) is 0 Å². The number of aromatic nitrogens is 2. The molecule has 0 spiro atoms. The zero-order chi connectivity index (χ0) is 15.2. The van der Waals surface area contributed by atoms with Gasteiger partial charge in [0.25, 0.3) is 0 Å². The fourth-order valence-electron chi connectivity index (χ4n) is 2.06. The molecule has 0 saturated carbocycles. The number of halogens is 4. The van der Waals surface area contributed by atoms with Gasteiger partial charge < -0.3 is 10.7 Å². The fourth-order valence-corrected chi connectivity index (χ4v) is 2.24. The normalized spacial score (nSPS) is 12.0. The van der Waals surface area contributed by atoms with E-state index in [1.807, 2.05) is 0 Å². The number of nitrogens with zero attached hydrogens (tertiary/aromatic N) is 1. The number of imidazole rings is 1. The Bertz CT molecular complexity index is 824. The third-order valence-electron chi connectivity index (χ3n) is 3.08. The first kappa shape index (κ1) is 13.8. The van der Waals surface area contributed by atoms with Crippen LogP contribution in [0.4, 0.5) is 18.9 Å². The molecule has 0 bridgehead atoms. The average molecular weight is 312 g/mol. The van der Waals surface area contributed by atoms with E-state index in [9.17, 15) is 13.2 Å². The van der Waals surface area contributed by atoms with Crippen LogP contribution in [0.15, 0.2) is 36.4 Å². The van der Waals surface area contributed by atoms with E-state index in [1.165, 1.54) is 6.07 Å². The Hall–Kier alpha value is -2.21. The van der Waals surface area contributed by atoms with Crippen LogP contribution in [0.1, 0.15) is 5.56 Å². The minimum absolute atomic E-state index is 0.00924. The van der Waals surface area contributed by atoms with Crippen molar-refractivity contribution >= 4 is 28.3 Å². The van der Waals surface area contributed by atoms with E-state index in [1.54, 1.807) is 18.2 Å². The minimum Gasteiger partial charge on any atom is -0.398 e. The van der Waals surface area contributed by atoms with Gasteiger partial charge in [-0.15, -0.1) is 0 Å². The standard InChI is InChI=1S/C14H9ClF3N3/c15-8-2-4-11-12(6-8)21-13(20-11)9-3-1-7(5-10(9)19)14(16,17)18/h1-6H,19H2,(H,20,21). The van der Waals surface area contributed by atoms with Crippen LogP contribution in [0, 0.1) is 0 Å². The van der Waals surface area contributed by atoms with Crippen molar-refractivity contribution in [1.29, 1.82) is 0 Å². The number of H-pyrrole nitrogens is 1. The summed E-state index contributed by atoms with van der Waals surface area (Å²) in [5, 5.41) is 0.540. The second kappa shape index (κ2) is 4.66. The van der Waals surface area contributed by atoms with Crippen molar-refractivity contribution < 1.29 is 13.2 Å². The largest absolute Gasteiger partial charge is 0.416 e. The fraction of sp³-hybridized carbons (Fsp3) is 0.0714. The third kappa shape index (κ3) is 2.54. The van der Waals surface area contributed by atoms with Crippen molar-refractivity contribution in [3.05, 3.63) is 47.0 Å². The van der Waals surface area contributed by atoms with Gasteiger partial charge >= 0.3 is 6.18 Å². The number of alkyl halides is 3. The maximum Gasteiger partial charge on any atom is 0.416 e. The van der Waals surface area contributed by atoms with Crippen molar-refractivity contribution in [2.45, 2.75) is 6.18 Å². The maximum atomic E-state index is 12.6. The van der Waals surface area contributed by atoms with Crippen LogP contribution in [-0.4, -0.2) is 9.97 Å². The van der Waals surface area contributed by atoms with E-state index in [0.29, 0.717) is 27.4 Å². The molecule has 0 aliphatic carbocycles. The molecule has 3 rings (SSSR count). The summed E-state index contributed by atoms with van der Waals surface area (Å²) in [6, 6.07) is 8.27. The van der Waals surface area contributed by atoms with Gasteiger partial charge in [-0.05, 0) is 36.4 Å². The lowest BCUT2D eigenvalue weighted by molar-refractivity contribution is -0.137. The Morgan fingerprint density at radius 1 is 1.10 bits per heavy atom. The molecule has 108 valence electrons. The first-order chi connectivity index (χ1) is 9.84. The highest BCUT2D eigenvalue weighted by Gasteiger charge is 2.31. The molecular formula is C14H9ClF3N3. The van der Waals surface area contributed by atoms with Gasteiger partial charge in [0.15, 0.2) is 0 Å². The summed E-state index contributed by atoms with van der Waals surface area (Å²) in [7, 11) is 0. The zero-order valence-electron chi connectivity index (χ0n) is 10.5. The highest BCUT2D eigenvalue weighted by molar-refractivity contribution is 6.31. The molecule has 1 aromatic heterocycles. The summed E-state index contributed by atoms with van der Waals surface area (Å²) in [4.78, 5) is 7.30. The van der Waals surface area contributed by atoms with Crippen molar-refractivity contribution in [3.8, 4) is 11.4 Å². The molecule has 0 atom stereocenters. The number of nitrogen functional groups attached to an aromatic ring is 1. The Morgan fingerprint density at radius 2 is 1.86 bits per heavy atom. The number of nitrogens with two attached hydrogens (primary N) is 1. The predicted molar refractivity (Wildman–Crippen MR) is 76.0 cm³/mol. The number of rotatable bonds is 1. The maximum absolute atomic E-state index is 12.6. The van der Waals surface area contributed by atoms with Gasteiger partial charge in [-0.25, -0.2) is 4.98 Å². The van der Waals surface area contributed by atoms with E-state index >= 15 is 0 Å². The first-order valence-electron chi connectivity index (χ1n) is 5.97. The van der Waals surface area contributed by atoms with E-state index in [4.69, 9.17) is 17.3 Å². The van der Waals surface area contributed by atoms with E-state index in [-0.39, 0.29) is 5.69 Å². The summed E-state index contributed by atoms with van der Waals surface area (Å²) < 4.78 is 37.9. The van der Waals surface area contributed by atoms with E-state index in [2.05, 4.69) is 9.97 Å². The number of nitrogens with one attached hydrogen (secondary N) is 1. The second-order valence-electron chi connectivity index (χ2n) is 4.55. The summed E-state index contributed by atoms with van der Waals surface area (Å²) in [6.07, 6.45) is -4.42. The van der Waals surface area contributed by atoms with Crippen LogP contribution in [0.2, 0.25) is 5.02 Å². The third-order valence-corrected chi connectivity index (χ3v) is 3.31. The molecule has 0 saturated heterocycles. The van der Waals surface area contributed by atoms with Crippen molar-refractivity contribution in [2.24, 2.45) is 0 Å². The van der Waals surface area contributed by atoms with Gasteiger partial charge in [-0.1, -0.05) is 11.6 Å². The lowest BCUT2D eigenvalue weighted by Crippen LogP contribution is -2.06. The molecular weight excluding hydrogens is 303 g/mol. The lowest BCUT2D eigenvalue weighted by Gasteiger charge is -2.09. The highest BCUT2D eigenvalue weighted by atomic mass is 35.5. The Labute approximate surface area is 122 Å². The molecule has 0 amide bonds. The van der Waals surface area contributed by atoms with Gasteiger partial charge in [0.1, 0.15) is 5.82 Å². The molecule has 0 aliphatic rings. The van der Waals surface area contributed by atoms with Gasteiger partial charge in [0, 0.05) is 16.3 Å². The number of fused-ring (bicyclic) bond motifs is 1. The van der Waals surface area contributed by atoms with Gasteiger partial charge in [-0.2, -0.15) is 13.2 Å². The number of hydrogen-bond donors (Lipinski definition) is 2. The SMILES string of the molecule is Nc1cc(C(F)(F)F)ccc1-c1nc2ccc(Cl)cc2[nH]1. The molecule has 2 aromatic carbocycles. The Kier molecular flexibility index (Phi) is 3.06. The van der Waals surface area contributed by atoms with Crippen molar-refractivity contribution in [2.75, 3.05) is 5.73 Å². The van der Waals surface area contributed by atoms with Crippen LogP contribution in [0.25, 0.3) is 22.4 Å². The smallest absolute Gasteiger partial charge is 0.398 e. The van der Waals surface area contributed by atoms with E-state index in [0.717, 1.165) is 12.1 Å². The number of hydrogen-bond acceptors (Lipinski definition) is 2. The zero-order valence-corrected chi connectivity index (χ0v) is 11.3. The quantitative estimate of drug-likeness (QED) is 0.651. The molecule has 0 aliphatic heterocycles. The Morgan fingerprint density at radius 3 is 2.52 bits per heavy atom. The van der Waals surface area contributed by atoms with Crippen LogP contribution in [0.3, 0.4) is 0 Å². The van der Waals surface area contributed by atoms with Gasteiger partial charge in [0.05, 0.1) is 16.6 Å². The molecule has 21 heavy (non-hydrogen) atoms. The van der Waals surface area contributed by atoms with Gasteiger partial charge in [-0.3, -0.25) is 0 Å². The molecule has 1 heterocycles. The predicted octanol–water partition coefficient (Wildman–Crippen LogP) is 4.48. The Balaban J connectivity index is 2.10. The summed E-state index contributed by atoms with van der Waals surface area (Å²) in [5.74, 6) is 0.401. The van der Waals surface area contributed by atoms with Crippen LogP contribution in [-0.2, 0) is 6.18 Å². The van der Waals surface area contributed by atoms with Crippen LogP contribution in [0.5, 0.6) is 0 Å². The summed E-state index contributed by atoms with van der Waals surface area (Å²) in [5.41, 5.74) is 6.70. The molecule has 3 N–H and O–H groups in total. The number of anilines is 1. The van der Waals surface area contributed by atoms with Gasteiger partial charge in [0.2, 0.25) is 0 Å². The van der Waals surface area contributed by atoms with Crippen LogP contribution >= 0.6 is 11.6 Å². The second-order valence-corrected chi connectivity index (χ2v) is 4.98. The molecule has 3 aromatic rings. The molecule has 0 unspecified atom stereocenters. The minimum atomic E-state index is -4.42. The number of aromatic amines is 1. The summed E-state index contributed by atoms with van der Waals surface area (Å²) >= 11 is 5.88. The van der Waals surface area contributed by atoms with Crippen molar-refractivity contribution in [1.82, 2.24) is 9.97 Å². The number of benzene rings is 2. The lowest BCUT2D eigenvalue weighted by atomic mass is 10.1.